The van der Waals surface area contributed by atoms with Crippen LogP contribution in [0.15, 0.2) is 97.3 Å². The standard InChI is InChI=1S/C37H32N6O9/c1-40-33(31(21-38-40)23-5-11-29(49-3)12-6-23)19-25-17-27(42(45)46)9-15-35(25)51-37(44)52-36-16-10-28(43(47)48)18-26(36)20-34-32(22-39-41(34)2)24-7-13-30(50-4)14-8-24/h5-18,21-22H,19-20H2,1-4H3. The molecule has 0 radical (unpaired) electrons. The van der Waals surface area contributed by atoms with Gasteiger partial charge in [-0.05, 0) is 47.5 Å². The quantitative estimate of drug-likeness (QED) is 0.0551. The predicted octanol–water partition coefficient (Wildman–Crippen LogP) is 7.08. The topological polar surface area (TPSA) is 176 Å². The van der Waals surface area contributed by atoms with Gasteiger partial charge in [0.05, 0.1) is 47.8 Å². The molecule has 0 fully saturated rings. The molecule has 0 saturated heterocycles. The van der Waals surface area contributed by atoms with Gasteiger partial charge in [-0.1, -0.05) is 24.3 Å². The summed E-state index contributed by atoms with van der Waals surface area (Å²) in [6.07, 6.45) is 2.44. The van der Waals surface area contributed by atoms with Crippen LogP contribution in [0.5, 0.6) is 23.0 Å². The number of carbonyl (C=O) groups excluding carboxylic acids is 1. The van der Waals surface area contributed by atoms with E-state index in [2.05, 4.69) is 10.2 Å². The molecule has 15 nitrogen and oxygen atoms in total. The van der Waals surface area contributed by atoms with Crippen LogP contribution in [0.2, 0.25) is 0 Å². The number of carbonyl (C=O) groups is 1. The van der Waals surface area contributed by atoms with Gasteiger partial charge in [0.1, 0.15) is 23.0 Å². The average molecular weight is 705 g/mol. The van der Waals surface area contributed by atoms with Crippen molar-refractivity contribution < 1.29 is 33.6 Å². The Labute approximate surface area is 296 Å². The summed E-state index contributed by atoms with van der Waals surface area (Å²) in [5.41, 5.74) is 4.86. The monoisotopic (exact) mass is 704 g/mol. The van der Waals surface area contributed by atoms with Crippen LogP contribution in [0.4, 0.5) is 16.2 Å². The molecular formula is C37H32N6O9. The summed E-state index contributed by atoms with van der Waals surface area (Å²) in [6.45, 7) is 0. The first kappa shape index (κ1) is 34.8. The first-order valence-electron chi connectivity index (χ1n) is 15.8. The van der Waals surface area contributed by atoms with Crippen molar-refractivity contribution in [3.63, 3.8) is 0 Å². The SMILES string of the molecule is COc1ccc(-c2cnn(C)c2Cc2cc([N+](=O)[O-])ccc2OC(=O)Oc2ccc([N+](=O)[O-])cc2Cc2c(-c3ccc(OC)cc3)cnn2C)cc1. The Hall–Kier alpha value is -7.03. The van der Waals surface area contributed by atoms with Crippen molar-refractivity contribution in [2.75, 3.05) is 14.2 Å². The van der Waals surface area contributed by atoms with Crippen molar-refractivity contribution in [2.45, 2.75) is 12.8 Å². The van der Waals surface area contributed by atoms with E-state index in [0.29, 0.717) is 34.0 Å². The zero-order valence-electron chi connectivity index (χ0n) is 28.5. The predicted molar refractivity (Wildman–Crippen MR) is 189 cm³/mol. The van der Waals surface area contributed by atoms with Crippen LogP contribution in [0.1, 0.15) is 22.5 Å². The largest absolute Gasteiger partial charge is 0.519 e. The molecule has 52 heavy (non-hydrogen) atoms. The van der Waals surface area contributed by atoms with E-state index in [1.807, 2.05) is 48.5 Å². The molecule has 0 atom stereocenters. The van der Waals surface area contributed by atoms with Crippen LogP contribution in [0.3, 0.4) is 0 Å². The van der Waals surface area contributed by atoms with E-state index < -0.39 is 16.0 Å². The van der Waals surface area contributed by atoms with E-state index in [1.165, 1.54) is 36.4 Å². The minimum absolute atomic E-state index is 0.0226. The van der Waals surface area contributed by atoms with E-state index in [1.54, 1.807) is 50.1 Å². The summed E-state index contributed by atoms with van der Waals surface area (Å²) in [5, 5.41) is 32.3. The summed E-state index contributed by atoms with van der Waals surface area (Å²) >= 11 is 0. The molecule has 0 amide bonds. The van der Waals surface area contributed by atoms with Gasteiger partial charge in [0.2, 0.25) is 0 Å². The number of hydrogen-bond donors (Lipinski definition) is 0. The van der Waals surface area contributed by atoms with Crippen molar-refractivity contribution >= 4 is 17.5 Å². The number of hydrogen-bond acceptors (Lipinski definition) is 11. The normalized spacial score (nSPS) is 10.8. The van der Waals surface area contributed by atoms with Crippen LogP contribution in [-0.2, 0) is 26.9 Å². The molecule has 0 spiro atoms. The van der Waals surface area contributed by atoms with E-state index >= 15 is 0 Å². The lowest BCUT2D eigenvalue weighted by Gasteiger charge is -2.14. The molecule has 15 heteroatoms. The van der Waals surface area contributed by atoms with Gasteiger partial charge in [0.15, 0.2) is 0 Å². The van der Waals surface area contributed by atoms with Crippen LogP contribution in [-0.4, -0.2) is 49.8 Å². The second-order valence-electron chi connectivity index (χ2n) is 11.6. The molecule has 0 N–H and O–H groups in total. The van der Waals surface area contributed by atoms with Gasteiger partial charge in [0.25, 0.3) is 11.4 Å². The highest BCUT2D eigenvalue weighted by molar-refractivity contribution is 5.71. The Morgan fingerprint density at radius 3 is 1.37 bits per heavy atom. The number of nitro groups is 2. The molecule has 6 rings (SSSR count). The highest BCUT2D eigenvalue weighted by Gasteiger charge is 2.23. The maximum Gasteiger partial charge on any atom is 0.519 e. The minimum atomic E-state index is -1.15. The van der Waals surface area contributed by atoms with Crippen molar-refractivity contribution in [1.82, 2.24) is 19.6 Å². The molecular weight excluding hydrogens is 672 g/mol. The lowest BCUT2D eigenvalue weighted by Crippen LogP contribution is -2.16. The van der Waals surface area contributed by atoms with Crippen molar-refractivity contribution in [2.24, 2.45) is 14.1 Å². The lowest BCUT2D eigenvalue weighted by atomic mass is 10.0. The second kappa shape index (κ2) is 14.8. The molecule has 264 valence electrons. The van der Waals surface area contributed by atoms with E-state index in [0.717, 1.165) is 22.3 Å². The van der Waals surface area contributed by atoms with E-state index in [-0.39, 0.29) is 35.7 Å². The number of rotatable bonds is 12. The molecule has 2 aromatic heterocycles. The van der Waals surface area contributed by atoms with Gasteiger partial charge in [-0.2, -0.15) is 10.2 Å². The number of benzene rings is 4. The summed E-state index contributed by atoms with van der Waals surface area (Å²) < 4.78 is 25.1. The van der Waals surface area contributed by atoms with Crippen LogP contribution >= 0.6 is 0 Å². The van der Waals surface area contributed by atoms with Crippen molar-refractivity contribution in [1.29, 1.82) is 0 Å². The van der Waals surface area contributed by atoms with Crippen LogP contribution < -0.4 is 18.9 Å². The number of aromatic nitrogens is 4. The molecule has 0 aliphatic rings. The summed E-state index contributed by atoms with van der Waals surface area (Å²) in [4.78, 5) is 35.8. The summed E-state index contributed by atoms with van der Waals surface area (Å²) in [6, 6.07) is 22.5. The highest BCUT2D eigenvalue weighted by Crippen LogP contribution is 2.34. The van der Waals surface area contributed by atoms with Crippen LogP contribution in [0, 0.1) is 20.2 Å². The Morgan fingerprint density at radius 2 is 1.02 bits per heavy atom. The highest BCUT2D eigenvalue weighted by atomic mass is 16.7. The Morgan fingerprint density at radius 1 is 0.635 bits per heavy atom. The van der Waals surface area contributed by atoms with Gasteiger partial charge >= 0.3 is 6.16 Å². The van der Waals surface area contributed by atoms with Gasteiger partial charge in [-0.3, -0.25) is 29.6 Å². The van der Waals surface area contributed by atoms with Gasteiger partial charge < -0.3 is 18.9 Å². The Kier molecular flexibility index (Phi) is 9.94. The Bertz CT molecular complexity index is 2120. The first-order valence-corrected chi connectivity index (χ1v) is 15.8. The van der Waals surface area contributed by atoms with E-state index in [4.69, 9.17) is 18.9 Å². The average Bonchev–Trinajstić information content (AvgIpc) is 3.70. The van der Waals surface area contributed by atoms with Crippen molar-refractivity contribution in [3.8, 4) is 45.3 Å². The molecule has 0 unspecified atom stereocenters. The zero-order valence-corrected chi connectivity index (χ0v) is 28.5. The second-order valence-corrected chi connectivity index (χ2v) is 11.6. The molecule has 0 bridgehead atoms. The molecule has 0 aliphatic carbocycles. The summed E-state index contributed by atoms with van der Waals surface area (Å²) in [5.74, 6) is 1.40. The number of nitrogens with zero attached hydrogens (tertiary/aromatic N) is 6. The maximum absolute atomic E-state index is 13.4. The minimum Gasteiger partial charge on any atom is -0.497 e. The number of aryl methyl sites for hydroxylation is 2. The number of methoxy groups -OCH3 is 2. The fourth-order valence-corrected chi connectivity index (χ4v) is 5.76. The number of nitro benzene ring substituents is 2. The third kappa shape index (κ3) is 7.42. The van der Waals surface area contributed by atoms with Gasteiger partial charge in [-0.25, -0.2) is 4.79 Å². The Balaban J connectivity index is 1.30. The van der Waals surface area contributed by atoms with Crippen LogP contribution in [0.25, 0.3) is 22.3 Å². The molecule has 0 aliphatic heterocycles. The number of ether oxygens (including phenoxy) is 4. The third-order valence-electron chi connectivity index (χ3n) is 8.54. The smallest absolute Gasteiger partial charge is 0.497 e. The van der Waals surface area contributed by atoms with Gasteiger partial charge in [-0.15, -0.1) is 0 Å². The van der Waals surface area contributed by atoms with E-state index in [9.17, 15) is 25.0 Å². The molecule has 6 aromatic rings. The fourth-order valence-electron chi connectivity index (χ4n) is 5.76. The first-order chi connectivity index (χ1) is 25.0. The zero-order chi connectivity index (χ0) is 36.9. The number of non-ortho nitro benzene ring substituents is 2. The molecule has 0 saturated carbocycles. The fraction of sp³-hybridized carbons (Fsp3) is 0.162. The molecule has 2 heterocycles. The van der Waals surface area contributed by atoms with Gasteiger partial charge in [0, 0.05) is 73.5 Å². The molecule has 4 aromatic carbocycles. The van der Waals surface area contributed by atoms with Crippen molar-refractivity contribution in [3.05, 3.63) is 140 Å². The lowest BCUT2D eigenvalue weighted by molar-refractivity contribution is -0.385. The summed E-state index contributed by atoms with van der Waals surface area (Å²) in [7, 11) is 6.63. The maximum atomic E-state index is 13.4. The third-order valence-corrected chi connectivity index (χ3v) is 8.54.